The molecule has 200 valence electrons. The molecule has 1 saturated heterocycles. The van der Waals surface area contributed by atoms with Crippen molar-refractivity contribution in [2.24, 2.45) is 0 Å². The van der Waals surface area contributed by atoms with Crippen molar-refractivity contribution < 1.29 is 33.2 Å². The Labute approximate surface area is 216 Å². The van der Waals surface area contributed by atoms with Crippen molar-refractivity contribution in [1.29, 1.82) is 5.26 Å². The number of benzene rings is 2. The summed E-state index contributed by atoms with van der Waals surface area (Å²) >= 11 is 0. The van der Waals surface area contributed by atoms with E-state index in [1.165, 1.54) is 7.11 Å². The lowest BCUT2D eigenvalue weighted by atomic mass is 9.97. The van der Waals surface area contributed by atoms with E-state index in [9.17, 15) is 9.90 Å². The minimum Gasteiger partial charge on any atom is -0.494 e. The lowest BCUT2D eigenvalue weighted by Crippen LogP contribution is -2.62. The molecule has 0 saturated carbocycles. The van der Waals surface area contributed by atoms with Gasteiger partial charge in [-0.15, -0.1) is 0 Å². The quantitative estimate of drug-likeness (QED) is 0.434. The monoisotopic (exact) mass is 515 g/mol. The first-order valence-corrected chi connectivity index (χ1v) is 12.0. The number of methoxy groups -OCH3 is 1. The summed E-state index contributed by atoms with van der Waals surface area (Å²) in [6.45, 7) is 5.92. The highest BCUT2D eigenvalue weighted by Crippen LogP contribution is 2.33. The zero-order chi connectivity index (χ0) is 27.1. The number of aliphatic hydroxyl groups is 1. The number of nitrogens with one attached hydrogen (secondary N) is 2. The molecule has 0 spiro atoms. The number of hydrogen-bond acceptors (Lipinski definition) is 8. The maximum absolute atomic E-state index is 15.2. The Kier molecular flexibility index (Phi) is 9.45. The average Bonchev–Trinajstić information content (AvgIpc) is 2.86. The van der Waals surface area contributed by atoms with Crippen LogP contribution in [-0.4, -0.2) is 62.1 Å². The van der Waals surface area contributed by atoms with Gasteiger partial charge < -0.3 is 34.7 Å². The normalized spacial score (nSPS) is 19.6. The first-order valence-electron chi connectivity index (χ1n) is 12.0. The third kappa shape index (κ3) is 7.63. The predicted octanol–water partition coefficient (Wildman–Crippen LogP) is 3.48. The number of alkyl carbamates (subject to hydrolysis) is 1. The molecular formula is C27H34FN3O6. The lowest BCUT2D eigenvalue weighted by Gasteiger charge is -2.39. The molecule has 0 atom stereocenters. The SMILES string of the molecule is COc1ccc(CNCCC2OCC(CO)(NC(=O)OC(C)(C)C)CO2)c(-c2ccc(C#N)cc2)c1F. The zero-order valence-electron chi connectivity index (χ0n) is 21.6. The Morgan fingerprint density at radius 3 is 2.46 bits per heavy atom. The molecule has 0 unspecified atom stereocenters. The van der Waals surface area contributed by atoms with Crippen molar-refractivity contribution in [3.8, 4) is 22.9 Å². The van der Waals surface area contributed by atoms with E-state index in [-0.39, 0.29) is 25.6 Å². The Hall–Kier alpha value is -3.23. The average molecular weight is 516 g/mol. The van der Waals surface area contributed by atoms with E-state index < -0.39 is 29.3 Å². The van der Waals surface area contributed by atoms with Gasteiger partial charge in [0.2, 0.25) is 0 Å². The van der Waals surface area contributed by atoms with Crippen LogP contribution in [0.15, 0.2) is 36.4 Å². The molecule has 3 rings (SSSR count). The number of hydrogen-bond donors (Lipinski definition) is 3. The van der Waals surface area contributed by atoms with Crippen LogP contribution in [0.1, 0.15) is 38.3 Å². The molecule has 1 aliphatic rings. The molecule has 10 heteroatoms. The first kappa shape index (κ1) is 28.3. The van der Waals surface area contributed by atoms with E-state index >= 15 is 4.39 Å². The van der Waals surface area contributed by atoms with Crippen molar-refractivity contribution in [1.82, 2.24) is 10.6 Å². The van der Waals surface area contributed by atoms with Gasteiger partial charge in [-0.05, 0) is 50.1 Å². The van der Waals surface area contributed by atoms with Gasteiger partial charge >= 0.3 is 6.09 Å². The van der Waals surface area contributed by atoms with Gasteiger partial charge in [0.15, 0.2) is 17.9 Å². The first-order chi connectivity index (χ1) is 17.6. The van der Waals surface area contributed by atoms with E-state index in [1.807, 2.05) is 0 Å². The molecule has 3 N–H and O–H groups in total. The molecule has 0 bridgehead atoms. The van der Waals surface area contributed by atoms with Gasteiger partial charge in [0, 0.05) is 25.1 Å². The number of rotatable bonds is 9. The molecule has 37 heavy (non-hydrogen) atoms. The van der Waals surface area contributed by atoms with Gasteiger partial charge in [-0.2, -0.15) is 5.26 Å². The van der Waals surface area contributed by atoms with Crippen LogP contribution in [0.5, 0.6) is 5.75 Å². The van der Waals surface area contributed by atoms with Crippen LogP contribution in [0.4, 0.5) is 9.18 Å². The summed E-state index contributed by atoms with van der Waals surface area (Å²) in [6.07, 6.45) is -0.685. The number of carbonyl (C=O) groups is 1. The highest BCUT2D eigenvalue weighted by Gasteiger charge is 2.39. The van der Waals surface area contributed by atoms with Crippen molar-refractivity contribution >= 4 is 6.09 Å². The fourth-order valence-corrected chi connectivity index (χ4v) is 3.85. The summed E-state index contributed by atoms with van der Waals surface area (Å²) in [5, 5.41) is 24.8. The molecule has 2 aromatic rings. The Bertz CT molecular complexity index is 1100. The van der Waals surface area contributed by atoms with Crippen molar-refractivity contribution in [2.75, 3.05) is 33.5 Å². The summed E-state index contributed by atoms with van der Waals surface area (Å²) < 4.78 is 37.1. The van der Waals surface area contributed by atoms with Crippen LogP contribution in [0.25, 0.3) is 11.1 Å². The Morgan fingerprint density at radius 2 is 1.89 bits per heavy atom. The summed E-state index contributed by atoms with van der Waals surface area (Å²) in [4.78, 5) is 12.1. The molecule has 0 aromatic heterocycles. The van der Waals surface area contributed by atoms with E-state index in [0.717, 1.165) is 5.56 Å². The van der Waals surface area contributed by atoms with Crippen LogP contribution in [0.2, 0.25) is 0 Å². The van der Waals surface area contributed by atoms with E-state index in [2.05, 4.69) is 16.7 Å². The third-order valence-corrected chi connectivity index (χ3v) is 5.75. The molecule has 1 amide bonds. The summed E-state index contributed by atoms with van der Waals surface area (Å²) in [6, 6.07) is 12.2. The summed E-state index contributed by atoms with van der Waals surface area (Å²) in [7, 11) is 1.41. The number of nitrogens with zero attached hydrogens (tertiary/aromatic N) is 1. The fourth-order valence-electron chi connectivity index (χ4n) is 3.85. The highest BCUT2D eigenvalue weighted by molar-refractivity contribution is 5.71. The second-order valence-corrected chi connectivity index (χ2v) is 9.89. The molecule has 0 radical (unpaired) electrons. The van der Waals surface area contributed by atoms with Crippen LogP contribution in [-0.2, 0) is 20.8 Å². The zero-order valence-corrected chi connectivity index (χ0v) is 21.6. The Morgan fingerprint density at radius 1 is 1.22 bits per heavy atom. The number of carbonyl (C=O) groups excluding carboxylic acids is 1. The van der Waals surface area contributed by atoms with Crippen molar-refractivity contribution in [2.45, 2.75) is 51.2 Å². The van der Waals surface area contributed by atoms with Crippen LogP contribution in [0, 0.1) is 17.1 Å². The molecule has 1 aliphatic heterocycles. The number of ether oxygens (including phenoxy) is 4. The van der Waals surface area contributed by atoms with Gasteiger partial charge in [0.1, 0.15) is 11.1 Å². The van der Waals surface area contributed by atoms with Crippen molar-refractivity contribution in [3.63, 3.8) is 0 Å². The second kappa shape index (κ2) is 12.3. The lowest BCUT2D eigenvalue weighted by molar-refractivity contribution is -0.219. The number of amides is 1. The van der Waals surface area contributed by atoms with Crippen LogP contribution >= 0.6 is 0 Å². The van der Waals surface area contributed by atoms with Crippen LogP contribution in [0.3, 0.4) is 0 Å². The highest BCUT2D eigenvalue weighted by atomic mass is 19.1. The van der Waals surface area contributed by atoms with Gasteiger partial charge in [0.25, 0.3) is 0 Å². The molecule has 9 nitrogen and oxygen atoms in total. The molecule has 1 fully saturated rings. The fraction of sp³-hybridized carbons (Fsp3) is 0.481. The van der Waals surface area contributed by atoms with Gasteiger partial charge in [-0.25, -0.2) is 9.18 Å². The van der Waals surface area contributed by atoms with Crippen LogP contribution < -0.4 is 15.4 Å². The molecule has 1 heterocycles. The van der Waals surface area contributed by atoms with Gasteiger partial charge in [0.05, 0.1) is 38.6 Å². The topological polar surface area (TPSA) is 122 Å². The maximum Gasteiger partial charge on any atom is 0.408 e. The number of halogens is 1. The predicted molar refractivity (Wildman–Crippen MR) is 134 cm³/mol. The second-order valence-electron chi connectivity index (χ2n) is 9.89. The van der Waals surface area contributed by atoms with E-state index in [0.29, 0.717) is 36.2 Å². The number of nitriles is 1. The minimum absolute atomic E-state index is 0.0694. The van der Waals surface area contributed by atoms with Gasteiger partial charge in [-0.3, -0.25) is 0 Å². The molecular weight excluding hydrogens is 481 g/mol. The smallest absolute Gasteiger partial charge is 0.408 e. The van der Waals surface area contributed by atoms with Crippen molar-refractivity contribution in [3.05, 3.63) is 53.3 Å². The minimum atomic E-state index is -1.08. The molecule has 2 aromatic carbocycles. The standard InChI is InChI=1S/C27H34FN3O6/c1-26(2,3)37-25(33)31-27(15-32)16-35-22(36-17-27)11-12-30-14-20-9-10-21(34-4)24(28)23(20)19-7-5-18(13-29)6-8-19/h5-10,22,30,32H,11-12,14-17H2,1-4H3,(H,31,33). The summed E-state index contributed by atoms with van der Waals surface area (Å²) in [5.41, 5.74) is 0.521. The van der Waals surface area contributed by atoms with Gasteiger partial charge in [-0.1, -0.05) is 18.2 Å². The summed E-state index contributed by atoms with van der Waals surface area (Å²) in [5.74, 6) is -0.331. The maximum atomic E-state index is 15.2. The third-order valence-electron chi connectivity index (χ3n) is 5.75. The van der Waals surface area contributed by atoms with E-state index in [4.69, 9.17) is 24.2 Å². The van der Waals surface area contributed by atoms with E-state index in [1.54, 1.807) is 57.2 Å². The largest absolute Gasteiger partial charge is 0.494 e. The molecule has 0 aliphatic carbocycles. The number of aliphatic hydroxyl groups excluding tert-OH is 1. The Balaban J connectivity index is 1.55.